The number of amides is 2. The quantitative estimate of drug-likeness (QED) is 0.720. The van der Waals surface area contributed by atoms with E-state index in [1.807, 2.05) is 12.1 Å². The minimum atomic E-state index is -0.337. The van der Waals surface area contributed by atoms with Crippen molar-refractivity contribution in [3.05, 3.63) is 24.3 Å². The second-order valence-electron chi connectivity index (χ2n) is 6.02. The number of piperidine rings is 2. The molecule has 0 bridgehead atoms. The van der Waals surface area contributed by atoms with E-state index in [9.17, 15) is 9.59 Å². The summed E-state index contributed by atoms with van der Waals surface area (Å²) in [6, 6.07) is 8.07. The molecule has 6 heteroatoms. The molecule has 2 heterocycles. The Labute approximate surface area is 130 Å². The van der Waals surface area contributed by atoms with Gasteiger partial charge in [-0.15, -0.1) is 0 Å². The van der Waals surface area contributed by atoms with Crippen molar-refractivity contribution in [3.63, 3.8) is 0 Å². The zero-order valence-corrected chi connectivity index (χ0v) is 12.5. The van der Waals surface area contributed by atoms with E-state index < -0.39 is 0 Å². The van der Waals surface area contributed by atoms with Gasteiger partial charge in [-0.25, -0.2) is 0 Å². The summed E-state index contributed by atoms with van der Waals surface area (Å²) < 4.78 is 0. The van der Waals surface area contributed by atoms with Crippen molar-refractivity contribution in [2.24, 2.45) is 5.73 Å². The van der Waals surface area contributed by atoms with E-state index in [2.05, 4.69) is 27.7 Å². The lowest BCUT2D eigenvalue weighted by atomic mass is 10.0. The molecular formula is C16H22N4O2. The summed E-state index contributed by atoms with van der Waals surface area (Å²) >= 11 is 0. The number of imide groups is 1. The third-order valence-corrected chi connectivity index (χ3v) is 4.35. The normalized spacial score (nSPS) is 23.3. The second-order valence-corrected chi connectivity index (χ2v) is 6.02. The van der Waals surface area contributed by atoms with Crippen LogP contribution in [0.5, 0.6) is 0 Å². The number of nitrogens with two attached hydrogens (primary N) is 1. The van der Waals surface area contributed by atoms with Crippen molar-refractivity contribution < 1.29 is 9.59 Å². The Morgan fingerprint density at radius 3 is 2.41 bits per heavy atom. The van der Waals surface area contributed by atoms with Crippen LogP contribution in [0, 0.1) is 0 Å². The maximum Gasteiger partial charge on any atom is 0.249 e. The third kappa shape index (κ3) is 3.39. The molecule has 0 saturated carbocycles. The molecule has 1 aromatic rings. The van der Waals surface area contributed by atoms with Crippen molar-refractivity contribution in [2.45, 2.75) is 37.8 Å². The summed E-state index contributed by atoms with van der Waals surface area (Å²) in [6.07, 6.45) is 2.97. The van der Waals surface area contributed by atoms with Crippen molar-refractivity contribution in [2.75, 3.05) is 23.3 Å². The van der Waals surface area contributed by atoms with Crippen LogP contribution in [0.3, 0.4) is 0 Å². The molecule has 0 radical (unpaired) electrons. The van der Waals surface area contributed by atoms with Gasteiger partial charge in [-0.05, 0) is 43.5 Å². The highest BCUT2D eigenvalue weighted by Gasteiger charge is 2.26. The van der Waals surface area contributed by atoms with Crippen LogP contribution in [0.1, 0.15) is 25.7 Å². The van der Waals surface area contributed by atoms with Gasteiger partial charge < -0.3 is 16.0 Å². The third-order valence-electron chi connectivity index (χ3n) is 4.35. The SMILES string of the molecule is NC1CCN(c2ccc(NC3CCC(=O)NC3=O)cc2)CC1. The van der Waals surface area contributed by atoms with Gasteiger partial charge in [0.2, 0.25) is 11.8 Å². The van der Waals surface area contributed by atoms with Gasteiger partial charge >= 0.3 is 0 Å². The summed E-state index contributed by atoms with van der Waals surface area (Å²) in [5.41, 5.74) is 8.00. The monoisotopic (exact) mass is 302 g/mol. The van der Waals surface area contributed by atoms with E-state index in [4.69, 9.17) is 5.73 Å². The van der Waals surface area contributed by atoms with Crippen LogP contribution in [0.25, 0.3) is 0 Å². The molecule has 1 atom stereocenters. The first-order valence-corrected chi connectivity index (χ1v) is 7.82. The van der Waals surface area contributed by atoms with E-state index in [0.717, 1.165) is 31.6 Å². The first kappa shape index (κ1) is 14.8. The molecule has 1 aromatic carbocycles. The fourth-order valence-electron chi connectivity index (χ4n) is 2.96. The molecule has 1 unspecified atom stereocenters. The highest BCUT2D eigenvalue weighted by Crippen LogP contribution is 2.22. The molecule has 6 nitrogen and oxygen atoms in total. The van der Waals surface area contributed by atoms with Crippen LogP contribution >= 0.6 is 0 Å². The van der Waals surface area contributed by atoms with Crippen LogP contribution in [0.4, 0.5) is 11.4 Å². The number of hydrogen-bond acceptors (Lipinski definition) is 5. The Morgan fingerprint density at radius 2 is 1.77 bits per heavy atom. The molecule has 0 spiro atoms. The maximum absolute atomic E-state index is 11.7. The van der Waals surface area contributed by atoms with Crippen molar-refractivity contribution in [1.82, 2.24) is 5.32 Å². The highest BCUT2D eigenvalue weighted by molar-refractivity contribution is 6.01. The van der Waals surface area contributed by atoms with Crippen LogP contribution in [-0.2, 0) is 9.59 Å². The van der Waals surface area contributed by atoms with Crippen molar-refractivity contribution in [1.29, 1.82) is 0 Å². The molecule has 0 aromatic heterocycles. The van der Waals surface area contributed by atoms with Gasteiger partial charge in [0.25, 0.3) is 0 Å². The second kappa shape index (κ2) is 6.36. The van der Waals surface area contributed by atoms with Gasteiger partial charge in [0, 0.05) is 36.9 Å². The van der Waals surface area contributed by atoms with Crippen LogP contribution in [0.15, 0.2) is 24.3 Å². The summed E-state index contributed by atoms with van der Waals surface area (Å²) in [4.78, 5) is 25.2. The fourth-order valence-corrected chi connectivity index (χ4v) is 2.96. The van der Waals surface area contributed by atoms with E-state index in [-0.39, 0.29) is 17.9 Å². The highest BCUT2D eigenvalue weighted by atomic mass is 16.2. The van der Waals surface area contributed by atoms with Gasteiger partial charge in [0.05, 0.1) is 0 Å². The lowest BCUT2D eigenvalue weighted by Gasteiger charge is -2.32. The number of nitrogens with zero attached hydrogens (tertiary/aromatic N) is 1. The predicted octanol–water partition coefficient (Wildman–Crippen LogP) is 0.831. The molecule has 2 aliphatic rings. The first-order chi connectivity index (χ1) is 10.6. The lowest BCUT2D eigenvalue weighted by Crippen LogP contribution is -2.47. The Balaban J connectivity index is 1.59. The number of rotatable bonds is 3. The smallest absolute Gasteiger partial charge is 0.249 e. The van der Waals surface area contributed by atoms with Gasteiger partial charge in [-0.3, -0.25) is 14.9 Å². The summed E-state index contributed by atoms with van der Waals surface area (Å²) in [5, 5.41) is 5.54. The summed E-state index contributed by atoms with van der Waals surface area (Å²) in [5.74, 6) is -0.438. The molecule has 2 fully saturated rings. The molecule has 22 heavy (non-hydrogen) atoms. The van der Waals surface area contributed by atoms with E-state index in [0.29, 0.717) is 18.9 Å². The minimum Gasteiger partial charge on any atom is -0.374 e. The molecular weight excluding hydrogens is 280 g/mol. The minimum absolute atomic E-state index is 0.193. The van der Waals surface area contributed by atoms with E-state index in [1.165, 1.54) is 5.69 Å². The molecule has 2 amide bonds. The Bertz CT molecular complexity index is 550. The van der Waals surface area contributed by atoms with Crippen LogP contribution in [0.2, 0.25) is 0 Å². The first-order valence-electron chi connectivity index (χ1n) is 7.82. The molecule has 4 N–H and O–H groups in total. The van der Waals surface area contributed by atoms with Crippen LogP contribution < -0.4 is 21.3 Å². The topological polar surface area (TPSA) is 87.5 Å². The predicted molar refractivity (Wildman–Crippen MR) is 85.7 cm³/mol. The molecule has 118 valence electrons. The average molecular weight is 302 g/mol. The number of carbonyl (C=O) groups excluding carboxylic acids is 2. The van der Waals surface area contributed by atoms with Gasteiger partial charge in [0.15, 0.2) is 0 Å². The maximum atomic E-state index is 11.7. The number of carbonyl (C=O) groups is 2. The van der Waals surface area contributed by atoms with Crippen molar-refractivity contribution >= 4 is 23.2 Å². The Hall–Kier alpha value is -2.08. The molecule has 0 aliphatic carbocycles. The molecule has 2 saturated heterocycles. The van der Waals surface area contributed by atoms with Gasteiger partial charge in [-0.1, -0.05) is 0 Å². The van der Waals surface area contributed by atoms with E-state index >= 15 is 0 Å². The summed E-state index contributed by atoms with van der Waals surface area (Å²) in [6.45, 7) is 1.97. The van der Waals surface area contributed by atoms with E-state index in [1.54, 1.807) is 0 Å². The Kier molecular flexibility index (Phi) is 4.29. The van der Waals surface area contributed by atoms with Crippen LogP contribution in [-0.4, -0.2) is 37.0 Å². The standard InChI is InChI=1S/C16H22N4O2/c17-11-7-9-20(10-8-11)13-3-1-12(2-4-13)18-14-5-6-15(21)19-16(14)22/h1-4,11,14,18H,5-10,17H2,(H,19,21,22). The summed E-state index contributed by atoms with van der Waals surface area (Å²) in [7, 11) is 0. The van der Waals surface area contributed by atoms with Gasteiger partial charge in [0.1, 0.15) is 6.04 Å². The average Bonchev–Trinajstić information content (AvgIpc) is 2.52. The zero-order valence-electron chi connectivity index (χ0n) is 12.5. The fraction of sp³-hybridized carbons (Fsp3) is 0.500. The number of nitrogens with one attached hydrogen (secondary N) is 2. The number of anilines is 2. The number of benzene rings is 1. The van der Waals surface area contributed by atoms with Crippen molar-refractivity contribution in [3.8, 4) is 0 Å². The largest absolute Gasteiger partial charge is 0.374 e. The Morgan fingerprint density at radius 1 is 1.09 bits per heavy atom. The lowest BCUT2D eigenvalue weighted by molar-refractivity contribution is -0.133. The number of hydrogen-bond donors (Lipinski definition) is 3. The molecule has 2 aliphatic heterocycles. The zero-order chi connectivity index (χ0) is 15.5. The van der Waals surface area contributed by atoms with Gasteiger partial charge in [-0.2, -0.15) is 0 Å². The molecule has 3 rings (SSSR count).